The van der Waals surface area contributed by atoms with Gasteiger partial charge in [0.25, 0.3) is 6.47 Å². The molecule has 0 aliphatic carbocycles. The third-order valence-electron chi connectivity index (χ3n) is 6.43. The zero-order valence-corrected chi connectivity index (χ0v) is 17.9. The lowest BCUT2D eigenvalue weighted by atomic mass is 9.73. The molecule has 1 aromatic rings. The fraction of sp³-hybridized carbons (Fsp3) is 0.636. The van der Waals surface area contributed by atoms with Gasteiger partial charge < -0.3 is 24.6 Å². The van der Waals surface area contributed by atoms with Gasteiger partial charge in [-0.2, -0.15) is 0 Å². The zero-order chi connectivity index (χ0) is 21.7. The molecule has 8 nitrogen and oxygen atoms in total. The summed E-state index contributed by atoms with van der Waals surface area (Å²) in [7, 11) is 1.67. The van der Waals surface area contributed by atoms with E-state index in [9.17, 15) is 4.79 Å². The Morgan fingerprint density at radius 1 is 1.43 bits per heavy atom. The molecule has 1 aromatic carbocycles. The van der Waals surface area contributed by atoms with E-state index in [0.717, 1.165) is 56.1 Å². The van der Waals surface area contributed by atoms with Crippen LogP contribution in [0, 0.1) is 18.8 Å². The van der Waals surface area contributed by atoms with Gasteiger partial charge in [0.05, 0.1) is 18.8 Å². The Balaban J connectivity index is 0.000000806. The topological polar surface area (TPSA) is 97.3 Å². The van der Waals surface area contributed by atoms with Gasteiger partial charge in [-0.15, -0.1) is 0 Å². The smallest absolute Gasteiger partial charge is 0.290 e. The maximum absolute atomic E-state index is 11.3. The lowest BCUT2D eigenvalue weighted by Crippen LogP contribution is -2.41. The number of nitrogens with zero attached hydrogens (tertiary/aromatic N) is 1. The van der Waals surface area contributed by atoms with Crippen molar-refractivity contribution in [1.82, 2.24) is 10.2 Å². The number of amides is 1. The van der Waals surface area contributed by atoms with Crippen LogP contribution in [0.5, 0.6) is 11.5 Å². The molecule has 0 radical (unpaired) electrons. The number of fused-ring (bicyclic) bond motifs is 1. The summed E-state index contributed by atoms with van der Waals surface area (Å²) in [6.45, 7) is 7.60. The van der Waals surface area contributed by atoms with Gasteiger partial charge in [-0.3, -0.25) is 14.5 Å². The van der Waals surface area contributed by atoms with E-state index < -0.39 is 0 Å². The predicted octanol–water partition coefficient (Wildman–Crippen LogP) is 1.70. The molecule has 0 aromatic heterocycles. The van der Waals surface area contributed by atoms with Crippen molar-refractivity contribution in [2.24, 2.45) is 11.8 Å². The normalized spacial score (nSPS) is 29.0. The fourth-order valence-electron chi connectivity index (χ4n) is 5.17. The second-order valence-corrected chi connectivity index (χ2v) is 8.31. The summed E-state index contributed by atoms with van der Waals surface area (Å²) in [5.74, 6) is 2.57. The van der Waals surface area contributed by atoms with Crippen LogP contribution < -0.4 is 14.8 Å². The first kappa shape index (κ1) is 22.4. The Kier molecular flexibility index (Phi) is 7.20. The number of carboxylic acid groups (broad SMARTS) is 1. The number of ether oxygens (including phenoxy) is 3. The number of likely N-dealkylation sites (tertiary alicyclic amines) is 1. The summed E-state index contributed by atoms with van der Waals surface area (Å²) in [5.41, 5.74) is 1.15. The van der Waals surface area contributed by atoms with Crippen molar-refractivity contribution >= 4 is 12.4 Å². The molecular weight excluding hydrogens is 388 g/mol. The van der Waals surface area contributed by atoms with Crippen molar-refractivity contribution in [2.45, 2.75) is 38.4 Å². The number of methoxy groups -OCH3 is 1. The number of carbonyl (C=O) groups is 2. The van der Waals surface area contributed by atoms with E-state index in [-0.39, 0.29) is 18.0 Å². The lowest BCUT2D eigenvalue weighted by molar-refractivity contribution is -0.123. The van der Waals surface area contributed by atoms with Gasteiger partial charge in [-0.1, -0.05) is 6.07 Å². The van der Waals surface area contributed by atoms with E-state index in [1.807, 2.05) is 25.1 Å². The van der Waals surface area contributed by atoms with E-state index in [4.69, 9.17) is 24.1 Å². The largest absolute Gasteiger partial charge is 0.493 e. The second-order valence-electron chi connectivity index (χ2n) is 8.31. The highest BCUT2D eigenvalue weighted by Gasteiger charge is 2.62. The monoisotopic (exact) mass is 420 g/mol. The van der Waals surface area contributed by atoms with Crippen LogP contribution >= 0.6 is 0 Å². The van der Waals surface area contributed by atoms with Crippen LogP contribution in [0.25, 0.3) is 0 Å². The molecule has 3 fully saturated rings. The molecule has 2 bridgehead atoms. The zero-order valence-electron chi connectivity index (χ0n) is 17.9. The molecule has 166 valence electrons. The van der Waals surface area contributed by atoms with Crippen molar-refractivity contribution in [3.63, 3.8) is 0 Å². The molecular formula is C22H32N2O6. The van der Waals surface area contributed by atoms with Crippen LogP contribution in [0.15, 0.2) is 18.2 Å². The molecule has 3 aliphatic rings. The highest BCUT2D eigenvalue weighted by Crippen LogP contribution is 2.54. The van der Waals surface area contributed by atoms with Gasteiger partial charge in [-0.05, 0) is 37.5 Å². The summed E-state index contributed by atoms with van der Waals surface area (Å²) < 4.78 is 17.8. The first-order chi connectivity index (χ1) is 14.4. The molecule has 3 saturated heterocycles. The minimum atomic E-state index is -0.250. The van der Waals surface area contributed by atoms with Crippen molar-refractivity contribution in [1.29, 1.82) is 0 Å². The number of rotatable bonds is 7. The minimum absolute atomic E-state index is 0.00461. The highest BCUT2D eigenvalue weighted by molar-refractivity contribution is 5.72. The molecule has 30 heavy (non-hydrogen) atoms. The van der Waals surface area contributed by atoms with Crippen LogP contribution in [-0.2, 0) is 14.3 Å². The van der Waals surface area contributed by atoms with E-state index in [2.05, 4.69) is 10.2 Å². The average molecular weight is 421 g/mol. The quantitative estimate of drug-likeness (QED) is 0.648. The molecule has 3 aliphatic heterocycles. The first-order valence-corrected chi connectivity index (χ1v) is 10.4. The standard InChI is InChI=1S/C21H30N2O4.CH2O2/c1-14-4-5-19(20(10-14)25-3)26-9-8-23-12-17-16(11-22-15(2)24)18-6-7-21(17,13-23)27-18;2-1-3/h4-5,10,16-18H,6-9,11-13H2,1-3H3,(H,22,24);1H,(H,2,3)/t16-,17+,18+,21+;/m0./s1. The maximum Gasteiger partial charge on any atom is 0.290 e. The van der Waals surface area contributed by atoms with Crippen LogP contribution in [0.3, 0.4) is 0 Å². The summed E-state index contributed by atoms with van der Waals surface area (Å²) >= 11 is 0. The van der Waals surface area contributed by atoms with E-state index >= 15 is 0 Å². The van der Waals surface area contributed by atoms with Gasteiger partial charge in [0.2, 0.25) is 5.91 Å². The number of hydrogen-bond acceptors (Lipinski definition) is 6. The van der Waals surface area contributed by atoms with Gasteiger partial charge in [-0.25, -0.2) is 0 Å². The van der Waals surface area contributed by atoms with Gasteiger partial charge in [0, 0.05) is 44.9 Å². The van der Waals surface area contributed by atoms with Crippen molar-refractivity contribution in [2.75, 3.05) is 39.9 Å². The van der Waals surface area contributed by atoms with Crippen molar-refractivity contribution in [3.05, 3.63) is 23.8 Å². The summed E-state index contributed by atoms with van der Waals surface area (Å²) in [4.78, 5) is 22.1. The van der Waals surface area contributed by atoms with E-state index in [1.165, 1.54) is 0 Å². The Bertz CT molecular complexity index is 757. The molecule has 3 heterocycles. The number of nitrogens with one attached hydrogen (secondary N) is 1. The lowest BCUT2D eigenvalue weighted by Gasteiger charge is -2.29. The minimum Gasteiger partial charge on any atom is -0.493 e. The van der Waals surface area contributed by atoms with Crippen LogP contribution in [0.4, 0.5) is 0 Å². The molecule has 2 N–H and O–H groups in total. The molecule has 1 amide bonds. The number of benzene rings is 1. The first-order valence-electron chi connectivity index (χ1n) is 10.4. The molecule has 0 saturated carbocycles. The fourth-order valence-corrected chi connectivity index (χ4v) is 5.17. The average Bonchev–Trinajstić information content (AvgIpc) is 3.36. The van der Waals surface area contributed by atoms with Gasteiger partial charge >= 0.3 is 0 Å². The van der Waals surface area contributed by atoms with E-state index in [1.54, 1.807) is 14.0 Å². The maximum atomic E-state index is 11.3. The van der Waals surface area contributed by atoms with Crippen molar-refractivity contribution < 1.29 is 28.9 Å². The highest BCUT2D eigenvalue weighted by atomic mass is 16.5. The number of hydrogen-bond donors (Lipinski definition) is 2. The molecule has 1 spiro atoms. The van der Waals surface area contributed by atoms with E-state index in [0.29, 0.717) is 24.5 Å². The van der Waals surface area contributed by atoms with Crippen LogP contribution in [0.2, 0.25) is 0 Å². The van der Waals surface area contributed by atoms with Crippen molar-refractivity contribution in [3.8, 4) is 11.5 Å². The number of carbonyl (C=O) groups excluding carboxylic acids is 1. The summed E-state index contributed by atoms with van der Waals surface area (Å²) in [5, 5.41) is 9.89. The Morgan fingerprint density at radius 2 is 2.20 bits per heavy atom. The Morgan fingerprint density at radius 3 is 2.90 bits per heavy atom. The predicted molar refractivity (Wildman–Crippen MR) is 111 cm³/mol. The Labute approximate surface area is 177 Å². The summed E-state index contributed by atoms with van der Waals surface area (Å²) in [6, 6.07) is 6.00. The second kappa shape index (κ2) is 9.66. The Hall–Kier alpha value is -2.32. The van der Waals surface area contributed by atoms with Crippen LogP contribution in [0.1, 0.15) is 25.3 Å². The SMILES string of the molecule is COc1cc(C)ccc1OCCN1C[C@@H]2[C@H](CNC(C)=O)[C@H]3CC[C@]2(C1)O3.O=CO. The third-order valence-corrected chi connectivity index (χ3v) is 6.43. The van der Waals surface area contributed by atoms with Gasteiger partial charge in [0.1, 0.15) is 6.61 Å². The molecule has 4 atom stereocenters. The summed E-state index contributed by atoms with van der Waals surface area (Å²) in [6.07, 6.45) is 2.57. The third kappa shape index (κ3) is 4.70. The molecule has 0 unspecified atom stereocenters. The number of aryl methyl sites for hydroxylation is 1. The molecule has 4 rings (SSSR count). The molecule has 8 heteroatoms. The van der Waals surface area contributed by atoms with Gasteiger partial charge in [0.15, 0.2) is 11.5 Å². The van der Waals surface area contributed by atoms with Crippen LogP contribution in [-0.4, -0.2) is 74.0 Å².